The van der Waals surface area contributed by atoms with Crippen LogP contribution in [0.25, 0.3) is 0 Å². The Kier molecular flexibility index (Phi) is 4.63. The molecule has 108 valence electrons. The second-order valence-electron chi connectivity index (χ2n) is 5.45. The molecule has 1 aromatic rings. The molecule has 3 rings (SSSR count). The number of benzene rings is 1. The second kappa shape index (κ2) is 6.64. The highest BCUT2D eigenvalue weighted by molar-refractivity contribution is 8.00. The van der Waals surface area contributed by atoms with Crippen molar-refractivity contribution in [2.24, 2.45) is 0 Å². The van der Waals surface area contributed by atoms with Crippen molar-refractivity contribution >= 4 is 17.7 Å². The van der Waals surface area contributed by atoms with Crippen LogP contribution in [0.3, 0.4) is 0 Å². The number of carbonyl (C=O) groups is 1. The maximum absolute atomic E-state index is 12.4. The minimum absolute atomic E-state index is 0.261. The molecule has 2 fully saturated rings. The third-order valence-electron chi connectivity index (χ3n) is 4.12. The van der Waals surface area contributed by atoms with Crippen LogP contribution in [0, 0.1) is 0 Å². The van der Waals surface area contributed by atoms with Crippen LogP contribution in [0.15, 0.2) is 35.2 Å². The summed E-state index contributed by atoms with van der Waals surface area (Å²) in [5.41, 5.74) is 0. The first-order valence-electron chi connectivity index (χ1n) is 7.43. The maximum atomic E-state index is 12.4. The van der Waals surface area contributed by atoms with E-state index in [1.807, 2.05) is 18.2 Å². The molecule has 0 radical (unpaired) electrons. The van der Waals surface area contributed by atoms with Gasteiger partial charge in [-0.15, -0.1) is 11.8 Å². The first-order valence-corrected chi connectivity index (χ1v) is 8.42. The van der Waals surface area contributed by atoms with Crippen LogP contribution in [0.2, 0.25) is 0 Å². The van der Waals surface area contributed by atoms with Crippen LogP contribution in [0.1, 0.15) is 25.7 Å². The summed E-state index contributed by atoms with van der Waals surface area (Å²) in [6.07, 6.45) is 4.75. The van der Waals surface area contributed by atoms with Gasteiger partial charge in [-0.3, -0.25) is 4.79 Å². The van der Waals surface area contributed by atoms with E-state index in [1.165, 1.54) is 0 Å². The van der Waals surface area contributed by atoms with Gasteiger partial charge >= 0.3 is 0 Å². The number of nitrogens with zero attached hydrogens (tertiary/aromatic N) is 1. The number of amides is 1. The third-order valence-corrected chi connectivity index (χ3v) is 5.12. The number of thioether (sulfide) groups is 1. The molecule has 0 saturated carbocycles. The van der Waals surface area contributed by atoms with Crippen LogP contribution in [0.5, 0.6) is 0 Å². The van der Waals surface area contributed by atoms with Gasteiger partial charge in [-0.1, -0.05) is 18.2 Å². The van der Waals surface area contributed by atoms with Crippen LogP contribution in [0.4, 0.5) is 0 Å². The van der Waals surface area contributed by atoms with E-state index in [1.54, 1.807) is 11.8 Å². The van der Waals surface area contributed by atoms with Crippen molar-refractivity contribution in [3.63, 3.8) is 0 Å². The van der Waals surface area contributed by atoms with Crippen LogP contribution in [-0.2, 0) is 9.53 Å². The van der Waals surface area contributed by atoms with Crippen molar-refractivity contribution in [3.8, 4) is 0 Å². The molecular formula is C16H21NO2S. The van der Waals surface area contributed by atoms with E-state index in [4.69, 9.17) is 4.74 Å². The predicted octanol–water partition coefficient (Wildman–Crippen LogP) is 2.95. The zero-order valence-electron chi connectivity index (χ0n) is 11.7. The van der Waals surface area contributed by atoms with Crippen molar-refractivity contribution in [1.82, 2.24) is 4.90 Å². The predicted molar refractivity (Wildman–Crippen MR) is 80.9 cm³/mol. The minimum atomic E-state index is 0.261. The van der Waals surface area contributed by atoms with Gasteiger partial charge in [0.25, 0.3) is 0 Å². The van der Waals surface area contributed by atoms with E-state index in [2.05, 4.69) is 17.0 Å². The molecule has 0 aliphatic carbocycles. The van der Waals surface area contributed by atoms with Crippen LogP contribution in [-0.4, -0.2) is 41.9 Å². The lowest BCUT2D eigenvalue weighted by molar-refractivity contribution is -0.131. The first-order chi connectivity index (χ1) is 9.84. The normalized spacial score (nSPS) is 26.1. The number of likely N-dealkylation sites (tertiary alicyclic amines) is 1. The zero-order chi connectivity index (χ0) is 13.8. The van der Waals surface area contributed by atoms with E-state index >= 15 is 0 Å². The molecule has 2 heterocycles. The van der Waals surface area contributed by atoms with Gasteiger partial charge in [0, 0.05) is 18.0 Å². The Morgan fingerprint density at radius 1 is 1.25 bits per heavy atom. The summed E-state index contributed by atoms with van der Waals surface area (Å²) in [5.74, 6) is 0.796. The summed E-state index contributed by atoms with van der Waals surface area (Å²) in [7, 11) is 0. The third kappa shape index (κ3) is 3.18. The molecule has 3 nitrogen and oxygen atoms in total. The molecule has 4 heteroatoms. The summed E-state index contributed by atoms with van der Waals surface area (Å²) in [6.45, 7) is 1.76. The van der Waals surface area contributed by atoms with Crippen LogP contribution >= 0.6 is 11.8 Å². The van der Waals surface area contributed by atoms with Gasteiger partial charge in [0.2, 0.25) is 5.91 Å². The minimum Gasteiger partial charge on any atom is -0.376 e. The van der Waals surface area contributed by atoms with E-state index in [0.717, 1.165) is 43.7 Å². The first kappa shape index (κ1) is 14.0. The monoisotopic (exact) mass is 291 g/mol. The average Bonchev–Trinajstić information content (AvgIpc) is 3.15. The van der Waals surface area contributed by atoms with E-state index in [0.29, 0.717) is 11.8 Å². The van der Waals surface area contributed by atoms with Crippen molar-refractivity contribution in [2.75, 3.05) is 18.9 Å². The Bertz CT molecular complexity index is 445. The largest absolute Gasteiger partial charge is 0.376 e. The Balaban J connectivity index is 1.55. The fourth-order valence-electron chi connectivity index (χ4n) is 3.14. The summed E-state index contributed by atoms with van der Waals surface area (Å²) in [5, 5.41) is 0. The molecule has 2 atom stereocenters. The van der Waals surface area contributed by atoms with Crippen LogP contribution < -0.4 is 0 Å². The molecule has 2 saturated heterocycles. The molecule has 0 spiro atoms. The highest BCUT2D eigenvalue weighted by Gasteiger charge is 2.36. The number of carbonyl (C=O) groups excluding carboxylic acids is 1. The van der Waals surface area contributed by atoms with E-state index in [9.17, 15) is 4.79 Å². The SMILES string of the molecule is O=C(CSc1ccccc1)N1CCC[C@H]1[C@@H]1CCCO1. The van der Waals surface area contributed by atoms with Gasteiger partial charge in [-0.05, 0) is 37.8 Å². The summed E-state index contributed by atoms with van der Waals surface area (Å²) in [4.78, 5) is 15.7. The van der Waals surface area contributed by atoms with Crippen molar-refractivity contribution < 1.29 is 9.53 Å². The summed E-state index contributed by atoms with van der Waals surface area (Å²) < 4.78 is 5.78. The Labute approximate surface area is 124 Å². The standard InChI is InChI=1S/C16H21NO2S/c18-16(12-20-13-6-2-1-3-7-13)17-10-4-8-14(17)15-9-5-11-19-15/h1-3,6-7,14-15H,4-5,8-12H2/t14-,15-/m0/s1. The van der Waals surface area contributed by atoms with Gasteiger partial charge in [0.15, 0.2) is 0 Å². The van der Waals surface area contributed by atoms with Gasteiger partial charge in [-0.25, -0.2) is 0 Å². The van der Waals surface area contributed by atoms with E-state index in [-0.39, 0.29) is 12.0 Å². The number of ether oxygens (including phenoxy) is 1. The van der Waals surface area contributed by atoms with Gasteiger partial charge in [0.1, 0.15) is 0 Å². The average molecular weight is 291 g/mol. The van der Waals surface area contributed by atoms with Gasteiger partial charge in [-0.2, -0.15) is 0 Å². The van der Waals surface area contributed by atoms with Crippen molar-refractivity contribution in [2.45, 2.75) is 42.7 Å². The van der Waals surface area contributed by atoms with Gasteiger partial charge < -0.3 is 9.64 Å². The number of hydrogen-bond donors (Lipinski definition) is 0. The summed E-state index contributed by atoms with van der Waals surface area (Å²) >= 11 is 1.63. The quantitative estimate of drug-likeness (QED) is 0.799. The summed E-state index contributed by atoms with van der Waals surface area (Å²) in [6, 6.07) is 10.5. The van der Waals surface area contributed by atoms with E-state index < -0.39 is 0 Å². The molecule has 0 aromatic heterocycles. The fourth-order valence-corrected chi connectivity index (χ4v) is 3.94. The zero-order valence-corrected chi connectivity index (χ0v) is 12.5. The Morgan fingerprint density at radius 3 is 2.85 bits per heavy atom. The molecule has 0 unspecified atom stereocenters. The fraction of sp³-hybridized carbons (Fsp3) is 0.562. The molecular weight excluding hydrogens is 270 g/mol. The van der Waals surface area contributed by atoms with Gasteiger partial charge in [0.05, 0.1) is 17.9 Å². The van der Waals surface area contributed by atoms with Crippen molar-refractivity contribution in [3.05, 3.63) is 30.3 Å². The lowest BCUT2D eigenvalue weighted by Crippen LogP contribution is -2.43. The molecule has 20 heavy (non-hydrogen) atoms. The topological polar surface area (TPSA) is 29.5 Å². The molecule has 1 aromatic carbocycles. The van der Waals surface area contributed by atoms with Crippen molar-refractivity contribution in [1.29, 1.82) is 0 Å². The second-order valence-corrected chi connectivity index (χ2v) is 6.50. The molecule has 2 aliphatic heterocycles. The Hall–Kier alpha value is -1.00. The Morgan fingerprint density at radius 2 is 2.10 bits per heavy atom. The number of rotatable bonds is 4. The molecule has 2 aliphatic rings. The number of hydrogen-bond acceptors (Lipinski definition) is 3. The molecule has 0 N–H and O–H groups in total. The highest BCUT2D eigenvalue weighted by Crippen LogP contribution is 2.29. The lowest BCUT2D eigenvalue weighted by atomic mass is 10.1. The highest BCUT2D eigenvalue weighted by atomic mass is 32.2. The molecule has 0 bridgehead atoms. The lowest BCUT2D eigenvalue weighted by Gasteiger charge is -2.28. The maximum Gasteiger partial charge on any atom is 0.233 e. The molecule has 1 amide bonds. The smallest absolute Gasteiger partial charge is 0.233 e.